The number of hydrogen-bond acceptors (Lipinski definition) is 5. The van der Waals surface area contributed by atoms with Crippen LogP contribution in [0.15, 0.2) is 227 Å². The maximum Gasteiger partial charge on any atom is 0.159 e. The first-order chi connectivity index (χ1) is 31.7. The summed E-state index contributed by atoms with van der Waals surface area (Å²) in [5.74, 6) is 1.49. The molecule has 10 aromatic carbocycles. The number of hydrogen-bond donors (Lipinski definition) is 1. The first-order valence-electron chi connectivity index (χ1n) is 21.6. The molecule has 1 N–H and O–H groups in total. The quantitative estimate of drug-likeness (QED) is 0.181. The Kier molecular flexibility index (Phi) is 8.43. The van der Waals surface area contributed by atoms with E-state index in [1.807, 2.05) is 29.5 Å². The third-order valence-electron chi connectivity index (χ3n) is 12.7. The van der Waals surface area contributed by atoms with Crippen molar-refractivity contribution in [2.75, 3.05) is 0 Å². The minimum atomic E-state index is -0.324. The van der Waals surface area contributed by atoms with Gasteiger partial charge in [-0.25, -0.2) is 9.98 Å². The van der Waals surface area contributed by atoms with Gasteiger partial charge in [0.05, 0.1) is 0 Å². The molecule has 0 spiro atoms. The molecule has 13 rings (SSSR count). The van der Waals surface area contributed by atoms with Gasteiger partial charge >= 0.3 is 0 Å². The molecule has 0 fully saturated rings. The lowest BCUT2D eigenvalue weighted by atomic mass is 9.95. The number of rotatable bonds is 6. The molecule has 1 atom stereocenters. The minimum absolute atomic E-state index is 0.324. The number of aliphatic imine (C=N–C) groups is 2. The molecule has 0 bridgehead atoms. The summed E-state index contributed by atoms with van der Waals surface area (Å²) in [6.07, 6.45) is -0.324. The number of benzene rings is 10. The Bertz CT molecular complexity index is 3870. The molecule has 12 aromatic rings. The fraction of sp³-hybridized carbons (Fsp3) is 0.0169. The van der Waals surface area contributed by atoms with E-state index in [2.05, 4.69) is 199 Å². The topological polar surface area (TPSA) is 49.9 Å². The van der Waals surface area contributed by atoms with Crippen molar-refractivity contribution in [1.29, 1.82) is 0 Å². The van der Waals surface area contributed by atoms with Crippen LogP contribution in [0, 0.1) is 0 Å². The zero-order chi connectivity index (χ0) is 42.1. The van der Waals surface area contributed by atoms with Crippen molar-refractivity contribution >= 4 is 86.7 Å². The lowest BCUT2D eigenvalue weighted by Gasteiger charge is -2.24. The summed E-state index contributed by atoms with van der Waals surface area (Å²) in [5, 5.41) is 13.3. The van der Waals surface area contributed by atoms with E-state index < -0.39 is 0 Å². The van der Waals surface area contributed by atoms with Gasteiger partial charge < -0.3 is 9.73 Å². The van der Waals surface area contributed by atoms with E-state index in [1.165, 1.54) is 53.2 Å². The molecule has 0 amide bonds. The highest BCUT2D eigenvalue weighted by Gasteiger charge is 2.22. The van der Waals surface area contributed by atoms with Gasteiger partial charge in [0.15, 0.2) is 5.84 Å². The van der Waals surface area contributed by atoms with E-state index >= 15 is 0 Å². The van der Waals surface area contributed by atoms with Gasteiger partial charge in [0.2, 0.25) is 0 Å². The van der Waals surface area contributed by atoms with Gasteiger partial charge in [-0.2, -0.15) is 0 Å². The average molecular weight is 836 g/mol. The third-order valence-corrected chi connectivity index (χ3v) is 13.9. The van der Waals surface area contributed by atoms with Crippen LogP contribution >= 0.6 is 11.3 Å². The number of furan rings is 1. The third kappa shape index (κ3) is 6.20. The lowest BCUT2D eigenvalue weighted by Crippen LogP contribution is -2.33. The Morgan fingerprint density at radius 2 is 1.09 bits per heavy atom. The van der Waals surface area contributed by atoms with E-state index in [0.717, 1.165) is 66.4 Å². The zero-order valence-corrected chi connectivity index (χ0v) is 35.3. The van der Waals surface area contributed by atoms with Crippen LogP contribution < -0.4 is 5.32 Å². The van der Waals surface area contributed by atoms with Crippen LogP contribution in [-0.2, 0) is 0 Å². The van der Waals surface area contributed by atoms with E-state index in [9.17, 15) is 0 Å². The number of thiophene rings is 1. The summed E-state index contributed by atoms with van der Waals surface area (Å²) in [6, 6.07) is 75.9. The molecular formula is C59H37N3OS. The maximum absolute atomic E-state index is 6.51. The van der Waals surface area contributed by atoms with Gasteiger partial charge in [-0.15, -0.1) is 11.3 Å². The number of nitrogens with zero attached hydrogens (tertiary/aromatic N) is 2. The molecule has 1 unspecified atom stereocenters. The van der Waals surface area contributed by atoms with Crippen molar-refractivity contribution in [3.05, 3.63) is 229 Å². The Morgan fingerprint density at radius 1 is 0.406 bits per heavy atom. The highest BCUT2D eigenvalue weighted by atomic mass is 32.1. The van der Waals surface area contributed by atoms with Crippen LogP contribution in [0.1, 0.15) is 22.9 Å². The first-order valence-corrected chi connectivity index (χ1v) is 22.5. The molecule has 5 heteroatoms. The van der Waals surface area contributed by atoms with E-state index in [1.54, 1.807) is 0 Å². The molecule has 1 aliphatic rings. The van der Waals surface area contributed by atoms with Gasteiger partial charge in [-0.05, 0) is 103 Å². The standard InChI is InChI=1S/C59H37N3OS/c1-2-11-39(12-3-1)57-60-58(40-24-22-38(23-25-40)47-16-8-13-37-10-4-5-14-46(37)47)62-59(61-57)44-27-21-36-20-26-43(32-45(36)33-44)48-17-9-18-53-56(48)51-34-41(29-31-52(51)63-53)42-28-30-50-49-15-6-7-19-54(49)64-55(50)35-42/h1-35,58H,(H,60,61,62). The fourth-order valence-electron chi connectivity index (χ4n) is 9.52. The molecule has 1 aliphatic heterocycles. The van der Waals surface area contributed by atoms with Crippen LogP contribution in [0.25, 0.3) is 97.0 Å². The van der Waals surface area contributed by atoms with Crippen molar-refractivity contribution in [2.24, 2.45) is 9.98 Å². The van der Waals surface area contributed by atoms with Gasteiger partial charge in [0, 0.05) is 42.1 Å². The second kappa shape index (κ2) is 14.8. The molecule has 0 aliphatic carbocycles. The van der Waals surface area contributed by atoms with Gasteiger partial charge in [0.25, 0.3) is 0 Å². The highest BCUT2D eigenvalue weighted by molar-refractivity contribution is 7.25. The largest absolute Gasteiger partial charge is 0.456 e. The van der Waals surface area contributed by atoms with Crippen LogP contribution in [-0.4, -0.2) is 11.7 Å². The Balaban J connectivity index is 0.865. The highest BCUT2D eigenvalue weighted by Crippen LogP contribution is 2.41. The zero-order valence-electron chi connectivity index (χ0n) is 34.5. The SMILES string of the molecule is c1ccc(C2=NC(c3ccc(-c4cccc5ccccc45)cc3)NC(c3ccc4ccc(-c5cccc6oc7ccc(-c8ccc9c(c8)sc8ccccc89)cc7c56)cc4c3)=N2)cc1. The van der Waals surface area contributed by atoms with Gasteiger partial charge in [-0.3, -0.25) is 0 Å². The van der Waals surface area contributed by atoms with Gasteiger partial charge in [0.1, 0.15) is 23.2 Å². The predicted molar refractivity (Wildman–Crippen MR) is 270 cm³/mol. The second-order valence-corrected chi connectivity index (χ2v) is 17.6. The van der Waals surface area contributed by atoms with Crippen molar-refractivity contribution in [2.45, 2.75) is 6.17 Å². The van der Waals surface area contributed by atoms with E-state index in [4.69, 9.17) is 14.4 Å². The van der Waals surface area contributed by atoms with Crippen LogP contribution in [0.5, 0.6) is 0 Å². The second-order valence-electron chi connectivity index (χ2n) is 16.6. The van der Waals surface area contributed by atoms with Crippen LogP contribution in [0.3, 0.4) is 0 Å². The average Bonchev–Trinajstić information content (AvgIpc) is 3.94. The number of nitrogens with one attached hydrogen (secondary N) is 1. The minimum Gasteiger partial charge on any atom is -0.456 e. The number of amidine groups is 2. The number of fused-ring (bicyclic) bond motifs is 8. The Labute approximate surface area is 373 Å². The molecule has 2 aromatic heterocycles. The van der Waals surface area contributed by atoms with Crippen LogP contribution in [0.2, 0.25) is 0 Å². The lowest BCUT2D eigenvalue weighted by molar-refractivity contribution is 0.669. The van der Waals surface area contributed by atoms with Crippen molar-refractivity contribution in [1.82, 2.24) is 5.32 Å². The van der Waals surface area contributed by atoms with Gasteiger partial charge in [-0.1, -0.05) is 170 Å². The molecule has 0 saturated carbocycles. The molecule has 3 heterocycles. The maximum atomic E-state index is 6.51. The van der Waals surface area contributed by atoms with Crippen molar-refractivity contribution in [3.63, 3.8) is 0 Å². The fourth-order valence-corrected chi connectivity index (χ4v) is 10.7. The first kappa shape index (κ1) is 36.5. The molecule has 4 nitrogen and oxygen atoms in total. The van der Waals surface area contributed by atoms with E-state index in [0.29, 0.717) is 5.84 Å². The summed E-state index contributed by atoms with van der Waals surface area (Å²) in [7, 11) is 0. The summed E-state index contributed by atoms with van der Waals surface area (Å²) in [6.45, 7) is 0. The summed E-state index contributed by atoms with van der Waals surface area (Å²) in [5.41, 5.74) is 11.8. The molecule has 0 saturated heterocycles. The Morgan fingerprint density at radius 3 is 2.00 bits per heavy atom. The normalized spacial score (nSPS) is 14.1. The monoisotopic (exact) mass is 835 g/mol. The summed E-state index contributed by atoms with van der Waals surface area (Å²) < 4.78 is 9.12. The van der Waals surface area contributed by atoms with Crippen molar-refractivity contribution in [3.8, 4) is 33.4 Å². The van der Waals surface area contributed by atoms with Crippen LogP contribution in [0.4, 0.5) is 0 Å². The molecule has 0 radical (unpaired) electrons. The molecular weight excluding hydrogens is 799 g/mol. The van der Waals surface area contributed by atoms with E-state index in [-0.39, 0.29) is 6.17 Å². The summed E-state index contributed by atoms with van der Waals surface area (Å²) >= 11 is 1.85. The van der Waals surface area contributed by atoms with Crippen molar-refractivity contribution < 1.29 is 4.42 Å². The Hall–Kier alpha value is -8.12. The molecule has 300 valence electrons. The predicted octanol–water partition coefficient (Wildman–Crippen LogP) is 15.8. The smallest absolute Gasteiger partial charge is 0.159 e. The summed E-state index contributed by atoms with van der Waals surface area (Å²) in [4.78, 5) is 10.3. The molecule has 64 heavy (non-hydrogen) atoms.